The summed E-state index contributed by atoms with van der Waals surface area (Å²) in [5.74, 6) is 0.368. The van der Waals surface area contributed by atoms with Gasteiger partial charge in [0.2, 0.25) is 5.91 Å². The zero-order chi connectivity index (χ0) is 31.6. The summed E-state index contributed by atoms with van der Waals surface area (Å²) in [5.41, 5.74) is 2.94. The van der Waals surface area contributed by atoms with Gasteiger partial charge in [0.05, 0.1) is 30.2 Å². The Labute approximate surface area is 263 Å². The summed E-state index contributed by atoms with van der Waals surface area (Å²) in [6.45, 7) is 6.66. The van der Waals surface area contributed by atoms with E-state index in [2.05, 4.69) is 49.2 Å². The van der Waals surface area contributed by atoms with Crippen molar-refractivity contribution in [3.05, 3.63) is 60.7 Å². The smallest absolute Gasteiger partial charge is 0.407 e. The number of carboxylic acid groups (broad SMARTS) is 1. The summed E-state index contributed by atoms with van der Waals surface area (Å²) in [6.07, 6.45) is 9.90. The van der Waals surface area contributed by atoms with Gasteiger partial charge in [-0.2, -0.15) is 5.10 Å². The topological polar surface area (TPSA) is 135 Å². The van der Waals surface area contributed by atoms with Crippen LogP contribution in [0, 0.1) is 5.92 Å². The zero-order valence-corrected chi connectivity index (χ0v) is 25.9. The van der Waals surface area contributed by atoms with Gasteiger partial charge in [0.25, 0.3) is 5.91 Å². The van der Waals surface area contributed by atoms with Crippen LogP contribution in [0.1, 0.15) is 45.1 Å². The second kappa shape index (κ2) is 12.8. The Morgan fingerprint density at radius 1 is 0.978 bits per heavy atom. The molecule has 2 aromatic heterocycles. The molecule has 12 nitrogen and oxygen atoms in total. The molecule has 3 aliphatic rings. The number of ether oxygens (including phenoxy) is 1. The molecular weight excluding hydrogens is 574 g/mol. The number of carbonyl (C=O) groups is 3. The first-order valence-corrected chi connectivity index (χ1v) is 15.7. The molecule has 2 N–H and O–H groups in total. The number of aromatic amines is 1. The highest BCUT2D eigenvalue weighted by Crippen LogP contribution is 2.33. The van der Waals surface area contributed by atoms with Crippen molar-refractivity contribution in [2.45, 2.75) is 57.7 Å². The standard InChI is InChI=1S/C33H41N7O5/c1-33(2,31(42)37-12-14-38(15-13-37)32(43)44)45-29-16-28(19-34-20-29)39-11-3-4-25(22-39)30(41)40(27-9-10-27)21-23-5-7-24(8-6-23)26-17-35-36-18-26/h5-8,16-20,25,27H,3-4,9-15,21-22H2,1-2H3,(H,35,36)(H,43,44)/t25-/m1/s1. The molecule has 45 heavy (non-hydrogen) atoms. The number of nitrogens with zero attached hydrogens (tertiary/aromatic N) is 6. The molecule has 12 heteroatoms. The Morgan fingerprint density at radius 2 is 1.71 bits per heavy atom. The summed E-state index contributed by atoms with van der Waals surface area (Å²) in [7, 11) is 0. The van der Waals surface area contributed by atoms with Crippen molar-refractivity contribution in [1.82, 2.24) is 29.9 Å². The minimum atomic E-state index is -1.16. The van der Waals surface area contributed by atoms with Crippen LogP contribution >= 0.6 is 0 Å². The number of hydrogen-bond donors (Lipinski definition) is 2. The molecule has 1 aromatic carbocycles. The second-order valence-corrected chi connectivity index (χ2v) is 12.7. The van der Waals surface area contributed by atoms with Crippen LogP contribution in [0.25, 0.3) is 11.1 Å². The highest BCUT2D eigenvalue weighted by atomic mass is 16.5. The summed E-state index contributed by atoms with van der Waals surface area (Å²) >= 11 is 0. The third-order valence-electron chi connectivity index (χ3n) is 8.97. The number of benzene rings is 1. The molecular formula is C33H41N7O5. The number of nitrogens with one attached hydrogen (secondary N) is 1. The van der Waals surface area contributed by atoms with E-state index in [0.29, 0.717) is 38.0 Å². The maximum Gasteiger partial charge on any atom is 0.407 e. The van der Waals surface area contributed by atoms with Gasteiger partial charge in [0.1, 0.15) is 5.75 Å². The van der Waals surface area contributed by atoms with Crippen LogP contribution in [-0.2, 0) is 16.1 Å². The van der Waals surface area contributed by atoms with Gasteiger partial charge in [-0.3, -0.25) is 19.7 Å². The van der Waals surface area contributed by atoms with Crippen molar-refractivity contribution in [2.75, 3.05) is 44.2 Å². The number of piperidine rings is 1. The van der Waals surface area contributed by atoms with E-state index >= 15 is 0 Å². The van der Waals surface area contributed by atoms with E-state index in [1.807, 2.05) is 12.3 Å². The number of hydrogen-bond acceptors (Lipinski definition) is 7. The number of aromatic nitrogens is 3. The molecule has 0 spiro atoms. The highest BCUT2D eigenvalue weighted by molar-refractivity contribution is 5.85. The van der Waals surface area contributed by atoms with Gasteiger partial charge in [-0.15, -0.1) is 0 Å². The van der Waals surface area contributed by atoms with E-state index in [1.165, 1.54) is 4.90 Å². The maximum absolute atomic E-state index is 13.9. The number of H-pyrrole nitrogens is 1. The minimum Gasteiger partial charge on any atom is -0.476 e. The van der Waals surface area contributed by atoms with Crippen LogP contribution in [0.5, 0.6) is 5.75 Å². The third-order valence-corrected chi connectivity index (χ3v) is 8.97. The predicted octanol–water partition coefficient (Wildman–Crippen LogP) is 3.86. The number of piperazine rings is 1. The van der Waals surface area contributed by atoms with Crippen LogP contribution in [-0.4, -0.2) is 104 Å². The van der Waals surface area contributed by atoms with Gasteiger partial charge in [-0.05, 0) is 50.7 Å². The lowest BCUT2D eigenvalue weighted by molar-refractivity contribution is -0.147. The molecule has 0 radical (unpaired) electrons. The van der Waals surface area contributed by atoms with E-state index in [4.69, 9.17) is 4.74 Å². The Bertz CT molecular complexity index is 1500. The largest absolute Gasteiger partial charge is 0.476 e. The number of amides is 3. The first-order valence-electron chi connectivity index (χ1n) is 15.7. The fraction of sp³-hybridized carbons (Fsp3) is 0.485. The summed E-state index contributed by atoms with van der Waals surface area (Å²) < 4.78 is 6.18. The van der Waals surface area contributed by atoms with Crippen molar-refractivity contribution >= 4 is 23.6 Å². The highest BCUT2D eigenvalue weighted by Gasteiger charge is 2.38. The third kappa shape index (κ3) is 7.05. The summed E-state index contributed by atoms with van der Waals surface area (Å²) in [6, 6.07) is 10.5. The van der Waals surface area contributed by atoms with Crippen molar-refractivity contribution in [1.29, 1.82) is 0 Å². The van der Waals surface area contributed by atoms with Crippen molar-refractivity contribution in [3.63, 3.8) is 0 Å². The monoisotopic (exact) mass is 615 g/mol. The fourth-order valence-electron chi connectivity index (χ4n) is 6.28. The molecule has 1 saturated carbocycles. The molecule has 2 aliphatic heterocycles. The molecule has 4 heterocycles. The number of carbonyl (C=O) groups excluding carboxylic acids is 2. The Hall–Kier alpha value is -4.61. The van der Waals surface area contributed by atoms with Gasteiger partial charge in [-0.1, -0.05) is 24.3 Å². The predicted molar refractivity (Wildman–Crippen MR) is 168 cm³/mol. The SMILES string of the molecule is CC(C)(Oc1cncc(N2CCC[C@@H](C(=O)N(Cc3ccc(-c4cn[nH]c4)cc3)C3CC3)C2)c1)C(=O)N1CCN(C(=O)O)CC1. The Balaban J connectivity index is 1.08. The van der Waals surface area contributed by atoms with E-state index in [-0.39, 0.29) is 30.8 Å². The number of rotatable bonds is 9. The normalized spacial score (nSPS) is 18.9. The first kappa shape index (κ1) is 30.4. The summed E-state index contributed by atoms with van der Waals surface area (Å²) in [4.78, 5) is 50.1. The lowest BCUT2D eigenvalue weighted by Crippen LogP contribution is -2.56. The molecule has 3 amide bonds. The number of pyridine rings is 1. The minimum absolute atomic E-state index is 0.114. The Kier molecular flexibility index (Phi) is 8.64. The quantitative estimate of drug-likeness (QED) is 0.371. The summed E-state index contributed by atoms with van der Waals surface area (Å²) in [5, 5.41) is 16.1. The molecule has 0 bridgehead atoms. The van der Waals surface area contributed by atoms with E-state index < -0.39 is 11.7 Å². The molecule has 6 rings (SSSR count). The lowest BCUT2D eigenvalue weighted by atomic mass is 9.95. The number of anilines is 1. The van der Waals surface area contributed by atoms with Gasteiger partial charge in [0.15, 0.2) is 5.60 Å². The molecule has 1 aliphatic carbocycles. The molecule has 238 valence electrons. The fourth-order valence-corrected chi connectivity index (χ4v) is 6.28. The van der Waals surface area contributed by atoms with Crippen LogP contribution in [0.15, 0.2) is 55.1 Å². The van der Waals surface area contributed by atoms with Gasteiger partial charge in [0, 0.05) is 69.7 Å². The first-order chi connectivity index (χ1) is 21.7. The van der Waals surface area contributed by atoms with Crippen molar-refractivity contribution in [3.8, 4) is 16.9 Å². The van der Waals surface area contributed by atoms with E-state index in [9.17, 15) is 19.5 Å². The molecule has 0 unspecified atom stereocenters. The van der Waals surface area contributed by atoms with Crippen LogP contribution < -0.4 is 9.64 Å². The van der Waals surface area contributed by atoms with Gasteiger partial charge in [-0.25, -0.2) is 4.79 Å². The second-order valence-electron chi connectivity index (χ2n) is 12.7. The molecule has 2 saturated heterocycles. The average molecular weight is 616 g/mol. The molecule has 3 aromatic rings. The van der Waals surface area contributed by atoms with Gasteiger partial charge < -0.3 is 29.4 Å². The van der Waals surface area contributed by atoms with E-state index in [1.54, 1.807) is 37.3 Å². The average Bonchev–Trinajstić information content (AvgIpc) is 3.75. The van der Waals surface area contributed by atoms with Gasteiger partial charge >= 0.3 is 6.09 Å². The van der Waals surface area contributed by atoms with Crippen LogP contribution in [0.2, 0.25) is 0 Å². The lowest BCUT2D eigenvalue weighted by Gasteiger charge is -2.38. The van der Waals surface area contributed by atoms with Crippen molar-refractivity contribution < 1.29 is 24.2 Å². The Morgan fingerprint density at radius 3 is 2.38 bits per heavy atom. The van der Waals surface area contributed by atoms with E-state index in [0.717, 1.165) is 54.6 Å². The van der Waals surface area contributed by atoms with Crippen LogP contribution in [0.3, 0.4) is 0 Å². The molecule has 3 fully saturated rings. The zero-order valence-electron chi connectivity index (χ0n) is 25.9. The van der Waals surface area contributed by atoms with Crippen molar-refractivity contribution in [2.24, 2.45) is 5.92 Å². The van der Waals surface area contributed by atoms with Crippen LogP contribution in [0.4, 0.5) is 10.5 Å². The molecule has 1 atom stereocenters. The maximum atomic E-state index is 13.9.